The molecule has 0 fully saturated rings. The molecule has 0 spiro atoms. The highest BCUT2D eigenvalue weighted by Crippen LogP contribution is 2.37. The third-order valence-corrected chi connectivity index (χ3v) is 5.86. The highest BCUT2D eigenvalue weighted by Gasteiger charge is 2.20. The molecule has 0 saturated heterocycles. The Morgan fingerprint density at radius 3 is 2.47 bits per heavy atom. The summed E-state index contributed by atoms with van der Waals surface area (Å²) in [5.74, 6) is 0.819. The zero-order chi connectivity index (χ0) is 26.6. The van der Waals surface area contributed by atoms with E-state index in [0.29, 0.717) is 39.7 Å². The molecule has 1 amide bonds. The summed E-state index contributed by atoms with van der Waals surface area (Å²) in [6.07, 6.45) is 1.41. The zero-order valence-electron chi connectivity index (χ0n) is 20.8. The monoisotopic (exact) mass is 508 g/mol. The fourth-order valence-electron chi connectivity index (χ4n) is 3.81. The molecule has 5 aromatic rings. The Labute approximate surface area is 218 Å². The maximum absolute atomic E-state index is 15.3. The van der Waals surface area contributed by atoms with Crippen molar-refractivity contribution in [1.29, 1.82) is 0 Å². The number of hydrogen-bond acceptors (Lipinski definition) is 7. The van der Waals surface area contributed by atoms with E-state index < -0.39 is 5.91 Å². The Bertz CT molecular complexity index is 1590. The average Bonchev–Trinajstić information content (AvgIpc) is 2.94. The van der Waals surface area contributed by atoms with Crippen molar-refractivity contribution in [2.75, 3.05) is 16.2 Å². The molecule has 190 valence electrons. The van der Waals surface area contributed by atoms with E-state index in [4.69, 9.17) is 10.5 Å². The third-order valence-electron chi connectivity index (χ3n) is 5.86. The summed E-state index contributed by atoms with van der Waals surface area (Å²) in [5, 5.41) is 4.00. The Hall–Kier alpha value is -5.05. The predicted molar refractivity (Wildman–Crippen MR) is 146 cm³/mol. The Morgan fingerprint density at radius 1 is 0.974 bits per heavy atom. The van der Waals surface area contributed by atoms with E-state index in [9.17, 15) is 4.79 Å². The molecule has 0 atom stereocenters. The van der Waals surface area contributed by atoms with Crippen molar-refractivity contribution in [3.05, 3.63) is 103 Å². The van der Waals surface area contributed by atoms with Crippen LogP contribution in [0.25, 0.3) is 11.0 Å². The summed E-state index contributed by atoms with van der Waals surface area (Å²) < 4.78 is 21.4. The number of pyridine rings is 1. The highest BCUT2D eigenvalue weighted by atomic mass is 19.2. The van der Waals surface area contributed by atoms with Gasteiger partial charge in [-0.2, -0.15) is 0 Å². The van der Waals surface area contributed by atoms with E-state index in [2.05, 4.69) is 34.1 Å². The Morgan fingerprint density at radius 2 is 1.74 bits per heavy atom. The molecule has 3 aromatic carbocycles. The van der Waals surface area contributed by atoms with Crippen LogP contribution in [0.3, 0.4) is 0 Å². The molecule has 9 heteroatoms. The number of benzene rings is 3. The summed E-state index contributed by atoms with van der Waals surface area (Å²) >= 11 is 0. The lowest BCUT2D eigenvalue weighted by Gasteiger charge is -2.18. The first-order chi connectivity index (χ1) is 18.4. The van der Waals surface area contributed by atoms with Crippen molar-refractivity contribution in [2.24, 2.45) is 0 Å². The van der Waals surface area contributed by atoms with Gasteiger partial charge in [0.2, 0.25) is 0 Å². The van der Waals surface area contributed by atoms with Crippen LogP contribution >= 0.6 is 0 Å². The standard InChI is InChI=1S/C29H25FN6O2/c1-18(2)24-14-13-23-27(34-24)32-17-33-28(23)35-25-16-21(36(30)29(37)19-6-4-3-5-7-19)10-15-26(25)38-22-11-8-20(31)9-12-22/h3-18H,31H2,1-2H3,(H,32,33,34,35). The van der Waals surface area contributed by atoms with Crippen molar-refractivity contribution >= 4 is 39.8 Å². The lowest BCUT2D eigenvalue weighted by atomic mass is 10.1. The van der Waals surface area contributed by atoms with Gasteiger partial charge in [-0.25, -0.2) is 15.0 Å². The number of nitrogens with zero attached hydrogens (tertiary/aromatic N) is 4. The number of halogens is 1. The second-order valence-corrected chi connectivity index (χ2v) is 8.91. The lowest BCUT2D eigenvalue weighted by molar-refractivity contribution is 0.0931. The molecule has 0 bridgehead atoms. The number of nitrogens with two attached hydrogens (primary N) is 1. The van der Waals surface area contributed by atoms with Crippen LogP contribution in [-0.4, -0.2) is 20.9 Å². The van der Waals surface area contributed by atoms with E-state index in [-0.39, 0.29) is 22.3 Å². The van der Waals surface area contributed by atoms with Gasteiger partial charge in [-0.05, 0) is 72.6 Å². The Kier molecular flexibility index (Phi) is 6.82. The SMILES string of the molecule is CC(C)c1ccc2c(Nc3cc(N(F)C(=O)c4ccccc4)ccc3Oc3ccc(N)cc3)ncnc2n1. The fraction of sp³-hybridized carbons (Fsp3) is 0.103. The molecule has 0 aliphatic rings. The summed E-state index contributed by atoms with van der Waals surface area (Å²) in [4.78, 5) is 26.1. The maximum atomic E-state index is 15.3. The summed E-state index contributed by atoms with van der Waals surface area (Å²) in [6, 6.07) is 23.5. The minimum atomic E-state index is -0.790. The number of hydrogen-bond donors (Lipinski definition) is 2. The number of anilines is 4. The number of ether oxygens (including phenoxy) is 1. The molecule has 2 heterocycles. The highest BCUT2D eigenvalue weighted by molar-refractivity contribution is 6.05. The molecular weight excluding hydrogens is 483 g/mol. The van der Waals surface area contributed by atoms with Crippen LogP contribution in [0, 0.1) is 0 Å². The maximum Gasteiger partial charge on any atom is 0.286 e. The molecule has 3 N–H and O–H groups in total. The molecule has 38 heavy (non-hydrogen) atoms. The van der Waals surface area contributed by atoms with Crippen molar-refractivity contribution in [3.63, 3.8) is 0 Å². The van der Waals surface area contributed by atoms with Crippen LogP contribution in [0.15, 0.2) is 91.3 Å². The van der Waals surface area contributed by atoms with Crippen molar-refractivity contribution < 1.29 is 14.0 Å². The van der Waals surface area contributed by atoms with Crippen LogP contribution in [0.1, 0.15) is 35.8 Å². The second kappa shape index (κ2) is 10.5. The summed E-state index contributed by atoms with van der Waals surface area (Å²) in [7, 11) is 0. The number of carbonyl (C=O) groups is 1. The average molecular weight is 509 g/mol. The molecule has 0 aliphatic heterocycles. The van der Waals surface area contributed by atoms with Crippen molar-refractivity contribution in [1.82, 2.24) is 15.0 Å². The number of fused-ring (bicyclic) bond motifs is 1. The van der Waals surface area contributed by atoms with Crippen LogP contribution in [0.2, 0.25) is 0 Å². The van der Waals surface area contributed by atoms with Crippen LogP contribution in [0.5, 0.6) is 11.5 Å². The van der Waals surface area contributed by atoms with E-state index >= 15 is 4.48 Å². The van der Waals surface area contributed by atoms with Gasteiger partial charge >= 0.3 is 0 Å². The van der Waals surface area contributed by atoms with Crippen molar-refractivity contribution in [3.8, 4) is 11.5 Å². The predicted octanol–water partition coefficient (Wildman–Crippen LogP) is 6.80. The topological polar surface area (TPSA) is 106 Å². The number of carbonyl (C=O) groups excluding carboxylic acids is 1. The van der Waals surface area contributed by atoms with E-state index in [1.54, 1.807) is 60.7 Å². The first-order valence-corrected chi connectivity index (χ1v) is 12.0. The molecule has 0 radical (unpaired) electrons. The van der Waals surface area contributed by atoms with Gasteiger partial charge in [0.15, 0.2) is 11.4 Å². The summed E-state index contributed by atoms with van der Waals surface area (Å²) in [6.45, 7) is 4.11. The quantitative estimate of drug-likeness (QED) is 0.184. The molecule has 0 unspecified atom stereocenters. The molecular formula is C29H25FN6O2. The van der Waals surface area contributed by atoms with Gasteiger partial charge in [-0.15, -0.1) is 5.12 Å². The third kappa shape index (κ3) is 5.22. The van der Waals surface area contributed by atoms with Gasteiger partial charge in [0.1, 0.15) is 17.9 Å². The lowest BCUT2D eigenvalue weighted by Crippen LogP contribution is -2.22. The molecule has 2 aromatic heterocycles. The van der Waals surface area contributed by atoms with E-state index in [0.717, 1.165) is 5.69 Å². The van der Waals surface area contributed by atoms with Crippen molar-refractivity contribution in [2.45, 2.75) is 19.8 Å². The smallest absolute Gasteiger partial charge is 0.286 e. The fourth-order valence-corrected chi connectivity index (χ4v) is 3.81. The van der Waals surface area contributed by atoms with Crippen LogP contribution in [0.4, 0.5) is 27.4 Å². The first-order valence-electron chi connectivity index (χ1n) is 12.0. The minimum Gasteiger partial charge on any atom is -0.455 e. The number of nitrogen functional groups attached to an aromatic ring is 1. The van der Waals surface area contributed by atoms with Crippen LogP contribution in [-0.2, 0) is 0 Å². The number of rotatable bonds is 7. The second-order valence-electron chi connectivity index (χ2n) is 8.91. The minimum absolute atomic E-state index is 0.0181. The van der Waals surface area contributed by atoms with E-state index in [1.807, 2.05) is 12.1 Å². The molecule has 5 rings (SSSR count). The van der Waals surface area contributed by atoms with Gasteiger partial charge in [-0.3, -0.25) is 4.79 Å². The largest absolute Gasteiger partial charge is 0.455 e. The van der Waals surface area contributed by atoms with E-state index in [1.165, 1.54) is 18.5 Å². The van der Waals surface area contributed by atoms with Gasteiger partial charge in [0.25, 0.3) is 5.91 Å². The van der Waals surface area contributed by atoms with Gasteiger partial charge in [0, 0.05) is 16.9 Å². The van der Waals surface area contributed by atoms with Gasteiger partial charge in [-0.1, -0.05) is 36.5 Å². The van der Waals surface area contributed by atoms with Gasteiger partial charge in [0.05, 0.1) is 16.8 Å². The number of nitrogens with one attached hydrogen (secondary N) is 1. The molecule has 0 saturated carbocycles. The zero-order valence-corrected chi connectivity index (χ0v) is 20.8. The Balaban J connectivity index is 1.54. The normalized spacial score (nSPS) is 10.9. The van der Waals surface area contributed by atoms with Gasteiger partial charge < -0.3 is 15.8 Å². The van der Waals surface area contributed by atoms with Crippen LogP contribution < -0.4 is 20.9 Å². The summed E-state index contributed by atoms with van der Waals surface area (Å²) in [5.41, 5.74) is 8.45. The molecule has 8 nitrogen and oxygen atoms in total. The molecule has 0 aliphatic carbocycles. The first kappa shape index (κ1) is 24.6. The number of amides is 1. The number of aromatic nitrogens is 3.